The zero-order valence-electron chi connectivity index (χ0n) is 1.80. The van der Waals surface area contributed by atoms with Gasteiger partial charge in [-0.2, -0.15) is 4.25 Å². The third-order valence-corrected chi connectivity index (χ3v) is 0.367. The molecule has 3 heteroatoms. The monoisotopic (exact) mass is 91.0 g/mol. The Morgan fingerprint density at radius 2 is 2.25 bits per heavy atom. The van der Waals surface area contributed by atoms with Gasteiger partial charge in [0.25, 0.3) is 0 Å². The second kappa shape index (κ2) is 3.06. The second-order valence-corrected chi connectivity index (χ2v) is 0.574. The van der Waals surface area contributed by atoms with Crippen LogP contribution in [0.25, 0.3) is 4.25 Å². The molecule has 0 aromatic rings. The predicted molar refractivity (Wildman–Crippen MR) is 23.6 cm³/mol. The summed E-state index contributed by atoms with van der Waals surface area (Å²) in [4.78, 5) is 0. The molecule has 0 aliphatic carbocycles. The quantitative estimate of drug-likeness (QED) is 0.261. The van der Waals surface area contributed by atoms with Gasteiger partial charge < -0.3 is 0 Å². The summed E-state index contributed by atoms with van der Waals surface area (Å²) in [5.74, 6) is 0. The first-order valence-electron chi connectivity index (χ1n) is 0.630. The van der Waals surface area contributed by atoms with Gasteiger partial charge in [0.1, 0.15) is 0 Å². The van der Waals surface area contributed by atoms with Crippen LogP contribution in [-0.2, 0) is 12.8 Å². The van der Waals surface area contributed by atoms with Crippen molar-refractivity contribution in [2.24, 2.45) is 0 Å². The molecular formula is CHNS2. The summed E-state index contributed by atoms with van der Waals surface area (Å²) >= 11 is 7.39. The van der Waals surface area contributed by atoms with Crippen molar-refractivity contribution in [2.45, 2.75) is 0 Å². The molecule has 0 fully saturated rings. The summed E-state index contributed by atoms with van der Waals surface area (Å²) in [6.07, 6.45) is 0. The SMILES string of the molecule is [S-][N+]#CS. The van der Waals surface area contributed by atoms with Crippen LogP contribution >= 0.6 is 12.6 Å². The molecule has 0 rings (SSSR count). The highest BCUT2D eigenvalue weighted by atomic mass is 32.1. The van der Waals surface area contributed by atoms with Gasteiger partial charge in [-0.05, 0) is 12.6 Å². The number of thiol groups is 1. The van der Waals surface area contributed by atoms with Crippen LogP contribution in [0.1, 0.15) is 0 Å². The van der Waals surface area contributed by atoms with Crippen molar-refractivity contribution in [2.75, 3.05) is 0 Å². The Hall–Kier alpha value is 0.0600. The third kappa shape index (κ3) is 2.06. The molecule has 4 heavy (non-hydrogen) atoms. The highest BCUT2D eigenvalue weighted by Crippen LogP contribution is 1.58. The van der Waals surface area contributed by atoms with Crippen LogP contribution in [0, 0.1) is 5.40 Å². The molecule has 0 aliphatic heterocycles. The molecule has 0 aromatic heterocycles. The molecule has 0 aliphatic rings. The minimum Gasteiger partial charge on any atom is -0.262 e. The van der Waals surface area contributed by atoms with Crippen molar-refractivity contribution in [3.05, 3.63) is 4.25 Å². The molecule has 0 radical (unpaired) electrons. The maximum atomic E-state index is 3.99. The van der Waals surface area contributed by atoms with E-state index in [9.17, 15) is 0 Å². The van der Waals surface area contributed by atoms with Gasteiger partial charge in [-0.3, -0.25) is 12.8 Å². The lowest BCUT2D eigenvalue weighted by Crippen LogP contribution is -1.15. The Labute approximate surface area is 35.8 Å². The lowest BCUT2D eigenvalue weighted by Gasteiger charge is -1.39. The number of hydrogen-bond donors (Lipinski definition) is 1. The molecule has 0 spiro atoms. The van der Waals surface area contributed by atoms with E-state index in [4.69, 9.17) is 0 Å². The van der Waals surface area contributed by atoms with E-state index < -0.39 is 0 Å². The average molecular weight is 91.2 g/mol. The first kappa shape index (κ1) is 4.06. The van der Waals surface area contributed by atoms with Gasteiger partial charge >= 0.3 is 5.40 Å². The van der Waals surface area contributed by atoms with E-state index in [0.717, 1.165) is 0 Å². The second-order valence-electron chi connectivity index (χ2n) is 0.191. The number of rotatable bonds is 0. The smallest absolute Gasteiger partial charge is 0.262 e. The Bertz CT molecular complexity index is 42.8. The van der Waals surface area contributed by atoms with E-state index in [1.165, 1.54) is 0 Å². The topological polar surface area (TPSA) is 4.36 Å². The molecule has 0 amide bonds. The largest absolute Gasteiger partial charge is 0.323 e. The van der Waals surface area contributed by atoms with Gasteiger partial charge in [0.2, 0.25) is 0 Å². The van der Waals surface area contributed by atoms with Crippen molar-refractivity contribution < 1.29 is 0 Å². The lowest BCUT2D eigenvalue weighted by molar-refractivity contribution is 2.77. The molecule has 0 bridgehead atoms. The fraction of sp³-hybridized carbons (Fsp3) is 0. The van der Waals surface area contributed by atoms with Gasteiger partial charge in [0, 0.05) is 0 Å². The van der Waals surface area contributed by atoms with Crippen LogP contribution in [-0.4, -0.2) is 0 Å². The predicted octanol–water partition coefficient (Wildman–Crippen LogP) is 0.668. The van der Waals surface area contributed by atoms with Gasteiger partial charge in [0.15, 0.2) is 0 Å². The molecule has 0 saturated heterocycles. The molecule has 0 atom stereocenters. The molecule has 0 N–H and O–H groups in total. The van der Waals surface area contributed by atoms with Gasteiger partial charge in [-0.25, -0.2) is 0 Å². The van der Waals surface area contributed by atoms with Crippen LogP contribution in [0.15, 0.2) is 0 Å². The number of thiocyanates is 1. The fourth-order valence-electron chi connectivity index (χ4n) is 0. The van der Waals surface area contributed by atoms with Crippen molar-refractivity contribution in [1.82, 2.24) is 0 Å². The van der Waals surface area contributed by atoms with Gasteiger partial charge in [0.05, 0.1) is 0 Å². The minimum atomic E-state index is 2.06. The molecule has 22 valence electrons. The van der Waals surface area contributed by atoms with Crippen LogP contribution in [0.4, 0.5) is 0 Å². The van der Waals surface area contributed by atoms with E-state index in [1.807, 2.05) is 0 Å². The van der Waals surface area contributed by atoms with Crippen molar-refractivity contribution in [3.8, 4) is 5.40 Å². The number of hydrogen-bond acceptors (Lipinski definition) is 2. The summed E-state index contributed by atoms with van der Waals surface area (Å²) in [6, 6.07) is 0. The summed E-state index contributed by atoms with van der Waals surface area (Å²) in [7, 11) is 0. The summed E-state index contributed by atoms with van der Waals surface area (Å²) in [5.41, 5.74) is 0. The van der Waals surface area contributed by atoms with Crippen LogP contribution < -0.4 is 0 Å². The zero-order chi connectivity index (χ0) is 3.41. The lowest BCUT2D eigenvalue weighted by atomic mass is 11.8. The molecular weight excluding hydrogens is 90.2 g/mol. The molecule has 0 aromatic carbocycles. The van der Waals surface area contributed by atoms with Gasteiger partial charge in [-0.1, -0.05) is 0 Å². The normalized spacial score (nSPS) is 3.25. The minimum absolute atomic E-state index is 2.06. The van der Waals surface area contributed by atoms with Crippen LogP contribution in [0.5, 0.6) is 0 Å². The van der Waals surface area contributed by atoms with E-state index in [1.54, 1.807) is 0 Å². The standard InChI is InChI=1S/CHNS2/c3-1-2-4/h3H. The van der Waals surface area contributed by atoms with Crippen molar-refractivity contribution in [1.29, 1.82) is 0 Å². The highest BCUT2D eigenvalue weighted by molar-refractivity contribution is 7.85. The highest BCUT2D eigenvalue weighted by Gasteiger charge is 1.39. The number of nitrogens with zero attached hydrogens (tertiary/aromatic N) is 1. The molecule has 0 heterocycles. The van der Waals surface area contributed by atoms with E-state index in [0.29, 0.717) is 0 Å². The van der Waals surface area contributed by atoms with Gasteiger partial charge in [-0.15, -0.1) is 0 Å². The molecule has 0 saturated carbocycles. The first-order valence-corrected chi connectivity index (χ1v) is 1.44. The Balaban J connectivity index is 2.83. The van der Waals surface area contributed by atoms with E-state index in [-0.39, 0.29) is 0 Å². The summed E-state index contributed by atoms with van der Waals surface area (Å²) in [6.45, 7) is 0. The average Bonchev–Trinajstić information content (AvgIpc) is 1.37. The maximum Gasteiger partial charge on any atom is 0.323 e. The molecule has 0 unspecified atom stereocenters. The zero-order valence-corrected chi connectivity index (χ0v) is 3.51. The summed E-state index contributed by atoms with van der Waals surface area (Å²) in [5, 5.41) is 2.06. The van der Waals surface area contributed by atoms with Crippen molar-refractivity contribution >= 4 is 25.4 Å². The van der Waals surface area contributed by atoms with Crippen LogP contribution in [0.3, 0.4) is 0 Å². The van der Waals surface area contributed by atoms with Crippen LogP contribution in [0.2, 0.25) is 0 Å². The third-order valence-electron chi connectivity index (χ3n) is 0.0408. The first-order chi connectivity index (χ1) is 1.91. The Kier molecular flexibility index (Phi) is 3.11. The summed E-state index contributed by atoms with van der Waals surface area (Å²) < 4.78 is 2.93. The Morgan fingerprint density at radius 1 is 2.00 bits per heavy atom. The Morgan fingerprint density at radius 3 is 2.25 bits per heavy atom. The van der Waals surface area contributed by atoms with E-state index in [2.05, 4.69) is 35.1 Å². The fourth-order valence-corrected chi connectivity index (χ4v) is 0. The van der Waals surface area contributed by atoms with Crippen molar-refractivity contribution in [3.63, 3.8) is 0 Å². The molecule has 1 nitrogen and oxygen atoms in total. The maximum absolute atomic E-state index is 3.99. The van der Waals surface area contributed by atoms with E-state index >= 15 is 0 Å².